The number of benzene rings is 2. The molecule has 1 aliphatic heterocycles. The van der Waals surface area contributed by atoms with Crippen LogP contribution in [0.5, 0.6) is 0 Å². The van der Waals surface area contributed by atoms with E-state index in [0.29, 0.717) is 53.4 Å². The molecule has 1 aromatic heterocycles. The Bertz CT molecular complexity index is 1650. The number of hydrogen-bond donors (Lipinski definition) is 3. The van der Waals surface area contributed by atoms with E-state index < -0.39 is 12.1 Å². The van der Waals surface area contributed by atoms with Crippen LogP contribution in [0.1, 0.15) is 38.3 Å². The Labute approximate surface area is 235 Å². The number of hydrogen-bond acceptors (Lipinski definition) is 6. The summed E-state index contributed by atoms with van der Waals surface area (Å²) in [6, 6.07) is 10.3. The fraction of sp³-hybridized carbons (Fsp3) is 0.393. The highest BCUT2D eigenvalue weighted by Crippen LogP contribution is 2.30. The molecule has 1 aliphatic carbocycles. The lowest BCUT2D eigenvalue weighted by molar-refractivity contribution is -0.118. The van der Waals surface area contributed by atoms with Crippen molar-refractivity contribution in [3.05, 3.63) is 67.8 Å². The van der Waals surface area contributed by atoms with Crippen LogP contribution in [0.2, 0.25) is 5.02 Å². The molecule has 0 spiro atoms. The molecule has 208 valence electrons. The molecule has 11 nitrogen and oxygen atoms in total. The zero-order valence-corrected chi connectivity index (χ0v) is 23.0. The molecular formula is C28H30ClN7O4. The van der Waals surface area contributed by atoms with Crippen molar-refractivity contribution in [3.8, 4) is 6.07 Å². The first-order chi connectivity index (χ1) is 19.2. The molecule has 1 atom stereocenters. The number of rotatable bonds is 6. The second-order valence-corrected chi connectivity index (χ2v) is 10.9. The number of piperazine rings is 1. The van der Waals surface area contributed by atoms with E-state index in [9.17, 15) is 19.2 Å². The number of amides is 3. The number of nitrogens with zero attached hydrogens (tertiary/aromatic N) is 4. The summed E-state index contributed by atoms with van der Waals surface area (Å²) in [5.74, 6) is 0.00459. The van der Waals surface area contributed by atoms with E-state index >= 15 is 0 Å². The van der Waals surface area contributed by atoms with Crippen molar-refractivity contribution in [1.82, 2.24) is 19.4 Å². The third kappa shape index (κ3) is 5.59. The van der Waals surface area contributed by atoms with Gasteiger partial charge in [-0.05, 0) is 69.0 Å². The van der Waals surface area contributed by atoms with Crippen LogP contribution in [0.4, 0.5) is 16.2 Å². The Balaban J connectivity index is 1.32. The van der Waals surface area contributed by atoms with Gasteiger partial charge < -0.3 is 20.9 Å². The predicted molar refractivity (Wildman–Crippen MR) is 153 cm³/mol. The SMILES string of the molecule is CC(C)n1c(=O)n(CC2CC2)c(=O)c2cc(NC(=O)N3CCNC(C(=O)Nc4ccc(C#N)c(Cl)c4)C3)ccc21. The van der Waals surface area contributed by atoms with E-state index in [-0.39, 0.29) is 34.8 Å². The maximum Gasteiger partial charge on any atom is 0.331 e. The molecule has 40 heavy (non-hydrogen) atoms. The molecule has 3 N–H and O–H groups in total. The van der Waals surface area contributed by atoms with Crippen LogP contribution in [-0.4, -0.2) is 51.6 Å². The fourth-order valence-electron chi connectivity index (χ4n) is 4.90. The van der Waals surface area contributed by atoms with E-state index in [2.05, 4.69) is 16.0 Å². The van der Waals surface area contributed by atoms with Crippen LogP contribution in [0.3, 0.4) is 0 Å². The molecular weight excluding hydrogens is 534 g/mol. The summed E-state index contributed by atoms with van der Waals surface area (Å²) in [4.78, 5) is 54.0. The minimum absolute atomic E-state index is 0.121. The van der Waals surface area contributed by atoms with Crippen molar-refractivity contribution in [2.75, 3.05) is 30.3 Å². The highest BCUT2D eigenvalue weighted by molar-refractivity contribution is 6.32. The highest BCUT2D eigenvalue weighted by Gasteiger charge is 2.29. The minimum Gasteiger partial charge on any atom is -0.325 e. The highest BCUT2D eigenvalue weighted by atomic mass is 35.5. The monoisotopic (exact) mass is 563 g/mol. The lowest BCUT2D eigenvalue weighted by Crippen LogP contribution is -2.57. The molecule has 2 aromatic carbocycles. The molecule has 1 saturated heterocycles. The lowest BCUT2D eigenvalue weighted by Gasteiger charge is -2.33. The number of urea groups is 1. The molecule has 3 aromatic rings. The van der Waals surface area contributed by atoms with Crippen molar-refractivity contribution in [2.45, 2.75) is 45.3 Å². The molecule has 2 heterocycles. The summed E-state index contributed by atoms with van der Waals surface area (Å²) in [5, 5.41) is 18.3. The molecule has 2 fully saturated rings. The molecule has 1 unspecified atom stereocenters. The smallest absolute Gasteiger partial charge is 0.325 e. The van der Waals surface area contributed by atoms with E-state index in [0.717, 1.165) is 12.8 Å². The Hall–Kier alpha value is -4.14. The quantitative estimate of drug-likeness (QED) is 0.421. The molecule has 2 aliphatic rings. The maximum atomic E-state index is 13.3. The summed E-state index contributed by atoms with van der Waals surface area (Å²) >= 11 is 6.06. The van der Waals surface area contributed by atoms with Crippen LogP contribution in [0.15, 0.2) is 46.0 Å². The van der Waals surface area contributed by atoms with Gasteiger partial charge in [0.15, 0.2) is 0 Å². The van der Waals surface area contributed by atoms with Crippen molar-refractivity contribution < 1.29 is 9.59 Å². The standard InChI is InChI=1S/C28H30ClN7O4/c1-16(2)36-24-8-7-19(11-21(24)26(38)35(28(36)40)14-17-3-4-17)33-27(39)34-10-9-31-23(15-34)25(37)32-20-6-5-18(13-30)22(29)12-20/h5-8,11-12,16-17,23,31H,3-4,9-10,14-15H2,1-2H3,(H,32,37)(H,33,39). The average Bonchev–Trinajstić information content (AvgIpc) is 3.76. The number of anilines is 2. The third-order valence-electron chi connectivity index (χ3n) is 7.21. The van der Waals surface area contributed by atoms with Gasteiger partial charge in [-0.15, -0.1) is 0 Å². The Morgan fingerprint density at radius 3 is 2.52 bits per heavy atom. The van der Waals surface area contributed by atoms with Crippen LogP contribution in [0, 0.1) is 17.2 Å². The molecule has 0 radical (unpaired) electrons. The number of aromatic nitrogens is 2. The average molecular weight is 564 g/mol. The number of halogens is 1. The summed E-state index contributed by atoms with van der Waals surface area (Å²) in [7, 11) is 0. The van der Waals surface area contributed by atoms with Crippen LogP contribution in [-0.2, 0) is 11.3 Å². The lowest BCUT2D eigenvalue weighted by atomic mass is 10.1. The number of carbonyl (C=O) groups excluding carboxylic acids is 2. The normalized spacial score (nSPS) is 17.1. The number of carbonyl (C=O) groups is 2. The summed E-state index contributed by atoms with van der Waals surface area (Å²) in [5.41, 5.74) is 1.03. The summed E-state index contributed by atoms with van der Waals surface area (Å²) in [6.07, 6.45) is 2.01. The Morgan fingerprint density at radius 2 is 1.85 bits per heavy atom. The van der Waals surface area contributed by atoms with Gasteiger partial charge in [0.05, 0.1) is 21.5 Å². The van der Waals surface area contributed by atoms with Gasteiger partial charge in [0.25, 0.3) is 5.56 Å². The van der Waals surface area contributed by atoms with E-state index in [1.54, 1.807) is 28.8 Å². The summed E-state index contributed by atoms with van der Waals surface area (Å²) < 4.78 is 2.93. The number of nitriles is 1. The first-order valence-corrected chi connectivity index (χ1v) is 13.6. The molecule has 0 bridgehead atoms. The van der Waals surface area contributed by atoms with E-state index in [1.165, 1.54) is 21.6 Å². The number of fused-ring (bicyclic) bond motifs is 1. The topological polar surface area (TPSA) is 141 Å². The molecule has 5 rings (SSSR count). The first kappa shape index (κ1) is 27.4. The van der Waals surface area contributed by atoms with Gasteiger partial charge >= 0.3 is 11.7 Å². The van der Waals surface area contributed by atoms with Gasteiger partial charge in [0.1, 0.15) is 12.1 Å². The Kier molecular flexibility index (Phi) is 7.65. The van der Waals surface area contributed by atoms with Gasteiger partial charge in [0.2, 0.25) is 5.91 Å². The van der Waals surface area contributed by atoms with Crippen molar-refractivity contribution in [3.63, 3.8) is 0 Å². The third-order valence-corrected chi connectivity index (χ3v) is 7.52. The predicted octanol–water partition coefficient (Wildman–Crippen LogP) is 3.12. The van der Waals surface area contributed by atoms with Gasteiger partial charge in [-0.1, -0.05) is 11.6 Å². The van der Waals surface area contributed by atoms with Gasteiger partial charge in [-0.2, -0.15) is 5.26 Å². The van der Waals surface area contributed by atoms with Gasteiger partial charge in [-0.25, -0.2) is 9.59 Å². The van der Waals surface area contributed by atoms with Gasteiger partial charge in [0, 0.05) is 43.6 Å². The zero-order chi connectivity index (χ0) is 28.6. The summed E-state index contributed by atoms with van der Waals surface area (Å²) in [6.45, 7) is 5.10. The molecule has 12 heteroatoms. The van der Waals surface area contributed by atoms with Crippen molar-refractivity contribution in [1.29, 1.82) is 5.26 Å². The largest absolute Gasteiger partial charge is 0.331 e. The maximum absolute atomic E-state index is 13.3. The second-order valence-electron chi connectivity index (χ2n) is 10.5. The van der Waals surface area contributed by atoms with Gasteiger partial charge in [-0.3, -0.25) is 18.7 Å². The fourth-order valence-corrected chi connectivity index (χ4v) is 5.13. The van der Waals surface area contributed by atoms with Crippen LogP contribution < -0.4 is 27.2 Å². The van der Waals surface area contributed by atoms with Crippen LogP contribution in [0.25, 0.3) is 10.9 Å². The Morgan fingerprint density at radius 1 is 1.12 bits per heavy atom. The van der Waals surface area contributed by atoms with Crippen molar-refractivity contribution in [2.24, 2.45) is 5.92 Å². The molecule has 3 amide bonds. The van der Waals surface area contributed by atoms with E-state index in [1.807, 2.05) is 19.9 Å². The van der Waals surface area contributed by atoms with E-state index in [4.69, 9.17) is 16.9 Å². The zero-order valence-electron chi connectivity index (χ0n) is 22.2. The minimum atomic E-state index is -0.666. The van der Waals surface area contributed by atoms with Crippen molar-refractivity contribution >= 4 is 45.8 Å². The van der Waals surface area contributed by atoms with Crippen LogP contribution >= 0.6 is 11.6 Å². The first-order valence-electron chi connectivity index (χ1n) is 13.2. The second kappa shape index (κ2) is 11.2. The number of nitrogens with one attached hydrogen (secondary N) is 3. The molecule has 1 saturated carbocycles.